The van der Waals surface area contributed by atoms with Gasteiger partial charge < -0.3 is 10.4 Å². The largest absolute Gasteiger partial charge is 0.481 e. The first-order valence-electron chi connectivity index (χ1n) is 6.04. The van der Waals surface area contributed by atoms with E-state index in [0.717, 1.165) is 5.56 Å². The molecule has 2 aromatic carbocycles. The first kappa shape index (κ1) is 14.0. The van der Waals surface area contributed by atoms with Crippen LogP contribution in [0.2, 0.25) is 0 Å². The standard InChI is InChI=1S/C15H13F2NO2/c16-12-2-1-3-13(17)15(12)18-9-11-6-4-10(5-7-11)8-14(19)20/h1-7,18H,8-9H2,(H,19,20). The van der Waals surface area contributed by atoms with Crippen LogP contribution in [0.4, 0.5) is 14.5 Å². The van der Waals surface area contributed by atoms with Gasteiger partial charge >= 0.3 is 5.97 Å². The number of nitrogens with one attached hydrogen (secondary N) is 1. The van der Waals surface area contributed by atoms with E-state index in [4.69, 9.17) is 5.11 Å². The van der Waals surface area contributed by atoms with Gasteiger partial charge in [-0.25, -0.2) is 8.78 Å². The predicted molar refractivity (Wildman–Crippen MR) is 71.5 cm³/mol. The number of carboxylic acids is 1. The summed E-state index contributed by atoms with van der Waals surface area (Å²) in [7, 11) is 0. The second-order valence-corrected chi connectivity index (χ2v) is 4.34. The minimum atomic E-state index is -0.899. The summed E-state index contributed by atoms with van der Waals surface area (Å²) in [4.78, 5) is 10.5. The third kappa shape index (κ3) is 3.54. The first-order chi connectivity index (χ1) is 9.56. The van der Waals surface area contributed by atoms with E-state index < -0.39 is 17.6 Å². The van der Waals surface area contributed by atoms with Gasteiger partial charge in [0.15, 0.2) is 0 Å². The van der Waals surface area contributed by atoms with Crippen molar-refractivity contribution in [2.75, 3.05) is 5.32 Å². The molecule has 0 aliphatic heterocycles. The van der Waals surface area contributed by atoms with Gasteiger partial charge in [0.05, 0.1) is 6.42 Å². The quantitative estimate of drug-likeness (QED) is 0.882. The molecule has 0 amide bonds. The summed E-state index contributed by atoms with van der Waals surface area (Å²) in [5, 5.41) is 11.3. The Hall–Kier alpha value is -2.43. The van der Waals surface area contributed by atoms with Crippen LogP contribution >= 0.6 is 0 Å². The second-order valence-electron chi connectivity index (χ2n) is 4.34. The zero-order valence-corrected chi connectivity index (χ0v) is 10.6. The van der Waals surface area contributed by atoms with Crippen LogP contribution in [-0.4, -0.2) is 11.1 Å². The van der Waals surface area contributed by atoms with E-state index in [1.54, 1.807) is 24.3 Å². The summed E-state index contributed by atoms with van der Waals surface area (Å²) in [6, 6.07) is 10.5. The third-order valence-corrected chi connectivity index (χ3v) is 2.81. The molecule has 0 spiro atoms. The minimum Gasteiger partial charge on any atom is -0.481 e. The molecule has 0 aromatic heterocycles. The summed E-state index contributed by atoms with van der Waals surface area (Å²) in [5.74, 6) is -2.19. The maximum absolute atomic E-state index is 13.4. The number of anilines is 1. The lowest BCUT2D eigenvalue weighted by atomic mass is 10.1. The minimum absolute atomic E-state index is 0.0460. The van der Waals surface area contributed by atoms with Gasteiger partial charge in [0.25, 0.3) is 0 Å². The molecule has 20 heavy (non-hydrogen) atoms. The summed E-state index contributed by atoms with van der Waals surface area (Å²) >= 11 is 0. The lowest BCUT2D eigenvalue weighted by molar-refractivity contribution is -0.136. The molecular weight excluding hydrogens is 264 g/mol. The molecule has 2 rings (SSSR count). The van der Waals surface area contributed by atoms with Crippen molar-refractivity contribution in [3.63, 3.8) is 0 Å². The monoisotopic (exact) mass is 277 g/mol. The van der Waals surface area contributed by atoms with Gasteiger partial charge in [-0.15, -0.1) is 0 Å². The highest BCUT2D eigenvalue weighted by Gasteiger charge is 2.07. The number of aliphatic carboxylic acids is 1. The molecule has 0 atom stereocenters. The van der Waals surface area contributed by atoms with Crippen LogP contribution in [0.1, 0.15) is 11.1 Å². The molecule has 104 valence electrons. The number of carboxylic acid groups (broad SMARTS) is 1. The van der Waals surface area contributed by atoms with Crippen LogP contribution in [-0.2, 0) is 17.8 Å². The molecule has 0 heterocycles. The number of hydrogen-bond acceptors (Lipinski definition) is 2. The number of halogens is 2. The summed E-state index contributed by atoms with van der Waals surface area (Å²) in [5.41, 5.74) is 1.32. The second kappa shape index (κ2) is 6.14. The maximum atomic E-state index is 13.4. The molecule has 0 radical (unpaired) electrons. The van der Waals surface area contributed by atoms with Crippen LogP contribution in [0, 0.1) is 11.6 Å². The Bertz CT molecular complexity index is 592. The van der Waals surface area contributed by atoms with Gasteiger partial charge in [0.2, 0.25) is 0 Å². The molecular formula is C15H13F2NO2. The molecule has 0 saturated heterocycles. The molecule has 2 aromatic rings. The normalized spacial score (nSPS) is 10.3. The maximum Gasteiger partial charge on any atom is 0.307 e. The highest BCUT2D eigenvalue weighted by atomic mass is 19.1. The Morgan fingerprint density at radius 2 is 1.55 bits per heavy atom. The lowest BCUT2D eigenvalue weighted by Gasteiger charge is -2.09. The van der Waals surface area contributed by atoms with Crippen LogP contribution in [0.15, 0.2) is 42.5 Å². The smallest absolute Gasteiger partial charge is 0.307 e. The Labute approximate surface area is 114 Å². The number of hydrogen-bond donors (Lipinski definition) is 2. The average Bonchev–Trinajstić information content (AvgIpc) is 2.39. The van der Waals surface area contributed by atoms with E-state index in [0.29, 0.717) is 5.56 Å². The molecule has 0 fully saturated rings. The van der Waals surface area contributed by atoms with Gasteiger partial charge in [0.1, 0.15) is 17.3 Å². The topological polar surface area (TPSA) is 49.3 Å². The van der Waals surface area contributed by atoms with Gasteiger partial charge in [0, 0.05) is 6.54 Å². The van der Waals surface area contributed by atoms with Crippen LogP contribution < -0.4 is 5.32 Å². The van der Waals surface area contributed by atoms with Gasteiger partial charge in [-0.05, 0) is 23.3 Å². The zero-order chi connectivity index (χ0) is 14.5. The van der Waals surface area contributed by atoms with E-state index in [9.17, 15) is 13.6 Å². The van der Waals surface area contributed by atoms with Crippen molar-refractivity contribution in [3.8, 4) is 0 Å². The predicted octanol–water partition coefficient (Wildman–Crippen LogP) is 3.20. The van der Waals surface area contributed by atoms with Gasteiger partial charge in [-0.2, -0.15) is 0 Å². The van der Waals surface area contributed by atoms with Crippen molar-refractivity contribution in [2.45, 2.75) is 13.0 Å². The van der Waals surface area contributed by atoms with Crippen molar-refractivity contribution in [3.05, 3.63) is 65.2 Å². The van der Waals surface area contributed by atoms with E-state index >= 15 is 0 Å². The Morgan fingerprint density at radius 1 is 1.00 bits per heavy atom. The molecule has 0 bridgehead atoms. The SMILES string of the molecule is O=C(O)Cc1ccc(CNc2c(F)cccc2F)cc1. The highest BCUT2D eigenvalue weighted by molar-refractivity contribution is 5.70. The first-order valence-corrected chi connectivity index (χ1v) is 6.04. The molecule has 3 nitrogen and oxygen atoms in total. The number of para-hydroxylation sites is 1. The Balaban J connectivity index is 2.02. The zero-order valence-electron chi connectivity index (χ0n) is 10.6. The molecule has 5 heteroatoms. The molecule has 0 unspecified atom stereocenters. The molecule has 0 aliphatic carbocycles. The average molecular weight is 277 g/mol. The Kier molecular flexibility index (Phi) is 4.30. The summed E-state index contributed by atoms with van der Waals surface area (Å²) < 4.78 is 26.8. The fourth-order valence-electron chi connectivity index (χ4n) is 1.81. The fraction of sp³-hybridized carbons (Fsp3) is 0.133. The number of carbonyl (C=O) groups is 1. The van der Waals surface area contributed by atoms with E-state index in [-0.39, 0.29) is 18.7 Å². The van der Waals surface area contributed by atoms with Gasteiger partial charge in [-0.3, -0.25) is 4.79 Å². The molecule has 0 aliphatic rings. The van der Waals surface area contributed by atoms with Crippen molar-refractivity contribution < 1.29 is 18.7 Å². The molecule has 0 saturated carbocycles. The highest BCUT2D eigenvalue weighted by Crippen LogP contribution is 2.19. The van der Waals surface area contributed by atoms with Crippen molar-refractivity contribution in [1.82, 2.24) is 0 Å². The number of benzene rings is 2. The van der Waals surface area contributed by atoms with Crippen LogP contribution in [0.3, 0.4) is 0 Å². The molecule has 2 N–H and O–H groups in total. The van der Waals surface area contributed by atoms with Crippen molar-refractivity contribution >= 4 is 11.7 Å². The van der Waals surface area contributed by atoms with Crippen molar-refractivity contribution in [1.29, 1.82) is 0 Å². The van der Waals surface area contributed by atoms with E-state index in [1.807, 2.05) is 0 Å². The Morgan fingerprint density at radius 3 is 2.10 bits per heavy atom. The summed E-state index contributed by atoms with van der Waals surface area (Å²) in [6.45, 7) is 0.255. The van der Waals surface area contributed by atoms with Crippen molar-refractivity contribution in [2.24, 2.45) is 0 Å². The van der Waals surface area contributed by atoms with E-state index in [1.165, 1.54) is 18.2 Å². The summed E-state index contributed by atoms with van der Waals surface area (Å²) in [6.07, 6.45) is -0.0460. The third-order valence-electron chi connectivity index (χ3n) is 2.81. The van der Waals surface area contributed by atoms with Gasteiger partial charge in [-0.1, -0.05) is 30.3 Å². The lowest BCUT2D eigenvalue weighted by Crippen LogP contribution is -2.04. The van der Waals surface area contributed by atoms with Crippen LogP contribution in [0.5, 0.6) is 0 Å². The van der Waals surface area contributed by atoms with E-state index in [2.05, 4.69) is 5.32 Å². The fourth-order valence-corrected chi connectivity index (χ4v) is 1.81. The number of rotatable bonds is 5. The van der Waals surface area contributed by atoms with Crippen LogP contribution in [0.25, 0.3) is 0 Å².